The highest BCUT2D eigenvalue weighted by Crippen LogP contribution is 2.30. The van der Waals surface area contributed by atoms with Crippen LogP contribution in [0.2, 0.25) is 0 Å². The Balaban J connectivity index is 1.50. The van der Waals surface area contributed by atoms with Crippen molar-refractivity contribution in [1.82, 2.24) is 15.1 Å². The molecule has 0 aliphatic heterocycles. The van der Waals surface area contributed by atoms with Gasteiger partial charge in [0.1, 0.15) is 0 Å². The van der Waals surface area contributed by atoms with Crippen molar-refractivity contribution in [2.75, 3.05) is 13.1 Å². The summed E-state index contributed by atoms with van der Waals surface area (Å²) in [7, 11) is 1.97. The van der Waals surface area contributed by atoms with Crippen LogP contribution >= 0.6 is 0 Å². The summed E-state index contributed by atoms with van der Waals surface area (Å²) in [5.74, 6) is 0.689. The topological polar surface area (TPSA) is 29.9 Å². The average Bonchev–Trinajstić information content (AvgIpc) is 2.89. The Labute approximate surface area is 121 Å². The number of benzene rings is 1. The van der Waals surface area contributed by atoms with Gasteiger partial charge in [-0.15, -0.1) is 0 Å². The average molecular weight is 269 g/mol. The van der Waals surface area contributed by atoms with E-state index in [4.69, 9.17) is 0 Å². The van der Waals surface area contributed by atoms with Gasteiger partial charge in [0.15, 0.2) is 0 Å². The molecule has 0 saturated carbocycles. The van der Waals surface area contributed by atoms with E-state index in [1.165, 1.54) is 24.8 Å². The molecule has 0 fully saturated rings. The smallest absolute Gasteiger partial charge is 0.0522 e. The number of hydrogen-bond donors (Lipinski definition) is 1. The molecule has 3 heteroatoms. The van der Waals surface area contributed by atoms with E-state index in [0.717, 1.165) is 19.5 Å². The van der Waals surface area contributed by atoms with Crippen LogP contribution in [0.1, 0.15) is 35.4 Å². The number of hydrogen-bond acceptors (Lipinski definition) is 2. The second-order valence-electron chi connectivity index (χ2n) is 5.76. The number of aryl methyl sites for hydroxylation is 2. The number of nitrogens with zero attached hydrogens (tertiary/aromatic N) is 2. The first-order chi connectivity index (χ1) is 9.83. The van der Waals surface area contributed by atoms with Gasteiger partial charge in [0, 0.05) is 19.8 Å². The summed E-state index contributed by atoms with van der Waals surface area (Å²) >= 11 is 0. The molecule has 1 N–H and O–H groups in total. The molecule has 2 aromatic rings. The highest BCUT2D eigenvalue weighted by atomic mass is 15.2. The zero-order valence-corrected chi connectivity index (χ0v) is 12.2. The lowest BCUT2D eigenvalue weighted by Gasteiger charge is -2.25. The van der Waals surface area contributed by atoms with E-state index < -0.39 is 0 Å². The third kappa shape index (κ3) is 3.10. The Bertz CT molecular complexity index is 559. The van der Waals surface area contributed by atoms with E-state index in [-0.39, 0.29) is 0 Å². The van der Waals surface area contributed by atoms with E-state index in [1.807, 2.05) is 17.9 Å². The molecule has 1 unspecified atom stereocenters. The van der Waals surface area contributed by atoms with Gasteiger partial charge in [0.05, 0.1) is 6.20 Å². The molecule has 1 aromatic carbocycles. The third-order valence-electron chi connectivity index (χ3n) is 4.23. The van der Waals surface area contributed by atoms with Crippen LogP contribution in [0.25, 0.3) is 0 Å². The molecule has 106 valence electrons. The van der Waals surface area contributed by atoms with Gasteiger partial charge in [-0.1, -0.05) is 24.3 Å². The van der Waals surface area contributed by atoms with Crippen LogP contribution in [0.4, 0.5) is 0 Å². The first-order valence-corrected chi connectivity index (χ1v) is 7.59. The van der Waals surface area contributed by atoms with Gasteiger partial charge < -0.3 is 5.32 Å². The maximum atomic E-state index is 4.20. The third-order valence-corrected chi connectivity index (χ3v) is 4.23. The summed E-state index contributed by atoms with van der Waals surface area (Å²) in [5, 5.41) is 7.82. The minimum absolute atomic E-state index is 0.689. The van der Waals surface area contributed by atoms with Gasteiger partial charge in [-0.3, -0.25) is 4.68 Å². The van der Waals surface area contributed by atoms with Crippen molar-refractivity contribution in [2.45, 2.75) is 31.6 Å². The van der Waals surface area contributed by atoms with Crippen LogP contribution in [0, 0.1) is 0 Å². The van der Waals surface area contributed by atoms with Crippen LogP contribution in [0.5, 0.6) is 0 Å². The van der Waals surface area contributed by atoms with Crippen molar-refractivity contribution >= 4 is 0 Å². The first kappa shape index (κ1) is 13.4. The maximum Gasteiger partial charge on any atom is 0.0522 e. The van der Waals surface area contributed by atoms with Crippen molar-refractivity contribution in [2.24, 2.45) is 7.05 Å². The van der Waals surface area contributed by atoms with E-state index in [0.29, 0.717) is 5.92 Å². The van der Waals surface area contributed by atoms with Crippen LogP contribution in [0.15, 0.2) is 36.7 Å². The molecule has 20 heavy (non-hydrogen) atoms. The van der Waals surface area contributed by atoms with Gasteiger partial charge in [-0.2, -0.15) is 5.10 Å². The van der Waals surface area contributed by atoms with Gasteiger partial charge >= 0.3 is 0 Å². The number of fused-ring (bicyclic) bond motifs is 1. The Hall–Kier alpha value is -1.61. The summed E-state index contributed by atoms with van der Waals surface area (Å²) < 4.78 is 1.87. The molecule has 0 amide bonds. The minimum atomic E-state index is 0.689. The molecule has 0 spiro atoms. The molecule has 3 rings (SSSR count). The lowest BCUT2D eigenvalue weighted by atomic mass is 9.83. The van der Waals surface area contributed by atoms with Gasteiger partial charge in [-0.25, -0.2) is 0 Å². The molecule has 0 bridgehead atoms. The molecular weight excluding hydrogens is 246 g/mol. The standard InChI is InChI=1S/C17H23N3/c1-20-13-14(11-19-20)9-10-18-12-16-7-4-6-15-5-2-3-8-17(15)16/h2-3,5,8,11,13,16,18H,4,6-7,9-10,12H2,1H3. The number of rotatable bonds is 5. The normalized spacial score (nSPS) is 17.9. The molecule has 1 aliphatic rings. The largest absolute Gasteiger partial charge is 0.316 e. The summed E-state index contributed by atoms with van der Waals surface area (Å²) in [6, 6.07) is 8.93. The lowest BCUT2D eigenvalue weighted by molar-refractivity contribution is 0.509. The van der Waals surface area contributed by atoms with E-state index in [1.54, 1.807) is 11.1 Å². The fourth-order valence-electron chi connectivity index (χ4n) is 3.18. The molecule has 1 atom stereocenters. The minimum Gasteiger partial charge on any atom is -0.316 e. The zero-order chi connectivity index (χ0) is 13.8. The Kier molecular flexibility index (Phi) is 4.16. The monoisotopic (exact) mass is 269 g/mol. The second kappa shape index (κ2) is 6.23. The summed E-state index contributed by atoms with van der Waals surface area (Å²) in [4.78, 5) is 0. The van der Waals surface area contributed by atoms with Crippen molar-refractivity contribution in [1.29, 1.82) is 0 Å². The summed E-state index contributed by atoms with van der Waals surface area (Å²) in [6.45, 7) is 2.13. The second-order valence-corrected chi connectivity index (χ2v) is 5.76. The van der Waals surface area contributed by atoms with Crippen molar-refractivity contribution in [3.8, 4) is 0 Å². The van der Waals surface area contributed by atoms with Crippen molar-refractivity contribution < 1.29 is 0 Å². The SMILES string of the molecule is Cn1cc(CCNCC2CCCc3ccccc32)cn1. The van der Waals surface area contributed by atoms with E-state index in [2.05, 4.69) is 40.9 Å². The zero-order valence-electron chi connectivity index (χ0n) is 12.2. The van der Waals surface area contributed by atoms with Crippen LogP contribution < -0.4 is 5.32 Å². The van der Waals surface area contributed by atoms with Crippen molar-refractivity contribution in [3.63, 3.8) is 0 Å². The fraction of sp³-hybridized carbons (Fsp3) is 0.471. The predicted molar refractivity (Wildman–Crippen MR) is 81.9 cm³/mol. The number of aromatic nitrogens is 2. The van der Waals surface area contributed by atoms with Gasteiger partial charge in [0.25, 0.3) is 0 Å². The molecular formula is C17H23N3. The summed E-state index contributed by atoms with van der Waals surface area (Å²) in [5.41, 5.74) is 4.43. The molecule has 0 saturated heterocycles. The highest BCUT2D eigenvalue weighted by molar-refractivity contribution is 5.32. The number of nitrogens with one attached hydrogen (secondary N) is 1. The lowest BCUT2D eigenvalue weighted by Crippen LogP contribution is -2.26. The van der Waals surface area contributed by atoms with Crippen LogP contribution in [-0.2, 0) is 19.9 Å². The van der Waals surface area contributed by atoms with Gasteiger partial charge in [-0.05, 0) is 54.8 Å². The molecule has 0 radical (unpaired) electrons. The van der Waals surface area contributed by atoms with Gasteiger partial charge in [0.2, 0.25) is 0 Å². The quantitative estimate of drug-likeness (QED) is 0.846. The maximum absolute atomic E-state index is 4.20. The Morgan fingerprint density at radius 2 is 2.25 bits per heavy atom. The molecule has 1 aliphatic carbocycles. The molecule has 3 nitrogen and oxygen atoms in total. The Morgan fingerprint density at radius 1 is 1.35 bits per heavy atom. The molecule has 1 aromatic heterocycles. The molecule has 1 heterocycles. The summed E-state index contributed by atoms with van der Waals surface area (Å²) in [6.07, 6.45) is 9.00. The van der Waals surface area contributed by atoms with Crippen molar-refractivity contribution in [3.05, 3.63) is 53.3 Å². The highest BCUT2D eigenvalue weighted by Gasteiger charge is 2.18. The first-order valence-electron chi connectivity index (χ1n) is 7.59. The fourth-order valence-corrected chi connectivity index (χ4v) is 3.18. The van der Waals surface area contributed by atoms with Crippen LogP contribution in [0.3, 0.4) is 0 Å². The van der Waals surface area contributed by atoms with Crippen LogP contribution in [-0.4, -0.2) is 22.9 Å². The van der Waals surface area contributed by atoms with E-state index in [9.17, 15) is 0 Å². The van der Waals surface area contributed by atoms with E-state index >= 15 is 0 Å². The predicted octanol–water partition coefficient (Wildman–Crippen LogP) is 2.67. The Morgan fingerprint density at radius 3 is 3.10 bits per heavy atom.